The summed E-state index contributed by atoms with van der Waals surface area (Å²) in [6.07, 6.45) is 21.8. The fourth-order valence-electron chi connectivity index (χ4n) is 4.49. The van der Waals surface area contributed by atoms with E-state index >= 15 is 0 Å². The van der Waals surface area contributed by atoms with Crippen molar-refractivity contribution in [3.63, 3.8) is 0 Å². The maximum atomic E-state index is 12.4. The third-order valence-corrected chi connectivity index (χ3v) is 6.58. The summed E-state index contributed by atoms with van der Waals surface area (Å²) in [5, 5.41) is 0. The largest absolute Gasteiger partial charge is 0.465 e. The Balaban J connectivity index is 2.02. The molecule has 0 aromatic carbocycles. The molecule has 1 aliphatic rings. The maximum Gasteiger partial charge on any atom is 0.308 e. The molecule has 0 radical (unpaired) electrons. The monoisotopic (exact) mass is 438 g/mol. The van der Waals surface area contributed by atoms with Crippen LogP contribution in [0.3, 0.4) is 0 Å². The predicted octanol–water partition coefficient (Wildman–Crippen LogP) is 7.77. The molecular weight excluding hydrogens is 388 g/mol. The highest BCUT2D eigenvalue weighted by Gasteiger charge is 2.32. The van der Waals surface area contributed by atoms with Crippen LogP contribution in [0.1, 0.15) is 136 Å². The van der Waals surface area contributed by atoms with Crippen molar-refractivity contribution in [2.24, 2.45) is 11.8 Å². The molecule has 1 rings (SSSR count). The summed E-state index contributed by atoms with van der Waals surface area (Å²) in [5.41, 5.74) is 0. The summed E-state index contributed by atoms with van der Waals surface area (Å²) in [4.78, 5) is 24.7. The lowest BCUT2D eigenvalue weighted by atomic mass is 9.81. The standard InChI is InChI=1S/C27H50O4/c1-3-5-7-9-10-11-12-13-14-15-17-22-31-27(29)25-20-18-19-24(23-25)26(28)30-21-16-8-6-4-2/h24-25H,3-23H2,1-2H3. The van der Waals surface area contributed by atoms with E-state index in [0.29, 0.717) is 19.6 Å². The van der Waals surface area contributed by atoms with Crippen molar-refractivity contribution in [1.29, 1.82) is 0 Å². The van der Waals surface area contributed by atoms with Crippen molar-refractivity contribution in [2.75, 3.05) is 13.2 Å². The molecule has 0 aliphatic heterocycles. The SMILES string of the molecule is CCCCCCCCCCCCCOC(=O)C1CCCC(C(=O)OCCCCCC)C1. The van der Waals surface area contributed by atoms with Crippen molar-refractivity contribution in [2.45, 2.75) is 136 Å². The Morgan fingerprint density at radius 3 is 1.35 bits per heavy atom. The van der Waals surface area contributed by atoms with Crippen molar-refractivity contribution in [3.05, 3.63) is 0 Å². The molecule has 0 spiro atoms. The molecule has 1 fully saturated rings. The minimum absolute atomic E-state index is 0.104. The van der Waals surface area contributed by atoms with E-state index in [9.17, 15) is 9.59 Å². The van der Waals surface area contributed by atoms with Gasteiger partial charge in [0.05, 0.1) is 25.0 Å². The summed E-state index contributed by atoms with van der Waals surface area (Å²) < 4.78 is 11.0. The maximum absolute atomic E-state index is 12.4. The molecule has 0 aromatic heterocycles. The normalized spacial score (nSPS) is 18.6. The molecule has 31 heavy (non-hydrogen) atoms. The molecule has 0 N–H and O–H groups in total. The number of carbonyl (C=O) groups excluding carboxylic acids is 2. The molecule has 0 amide bonds. The van der Waals surface area contributed by atoms with Crippen LogP contribution in [-0.2, 0) is 19.1 Å². The molecule has 182 valence electrons. The highest BCUT2D eigenvalue weighted by atomic mass is 16.5. The van der Waals surface area contributed by atoms with Crippen molar-refractivity contribution >= 4 is 11.9 Å². The molecule has 0 bridgehead atoms. The van der Waals surface area contributed by atoms with Gasteiger partial charge in [-0.05, 0) is 32.1 Å². The number of ether oxygens (including phenoxy) is 2. The third kappa shape index (κ3) is 14.6. The fraction of sp³-hybridized carbons (Fsp3) is 0.926. The van der Waals surface area contributed by atoms with Crippen LogP contribution in [-0.4, -0.2) is 25.2 Å². The Bertz CT molecular complexity index is 449. The van der Waals surface area contributed by atoms with Crippen LogP contribution in [0.25, 0.3) is 0 Å². The first-order valence-electron chi connectivity index (χ1n) is 13.5. The smallest absolute Gasteiger partial charge is 0.308 e. The van der Waals surface area contributed by atoms with Crippen molar-refractivity contribution in [1.82, 2.24) is 0 Å². The van der Waals surface area contributed by atoms with E-state index in [2.05, 4.69) is 13.8 Å². The van der Waals surface area contributed by atoms with Gasteiger partial charge in [-0.1, -0.05) is 104 Å². The number of rotatable bonds is 19. The Morgan fingerprint density at radius 1 is 0.581 bits per heavy atom. The van der Waals surface area contributed by atoms with E-state index in [4.69, 9.17) is 9.47 Å². The minimum atomic E-state index is -0.126. The summed E-state index contributed by atoms with van der Waals surface area (Å²) in [5.74, 6) is -0.467. The summed E-state index contributed by atoms with van der Waals surface area (Å²) >= 11 is 0. The molecule has 1 saturated carbocycles. The Hall–Kier alpha value is -1.06. The lowest BCUT2D eigenvalue weighted by Crippen LogP contribution is -2.30. The molecule has 0 heterocycles. The zero-order chi connectivity index (χ0) is 22.6. The van der Waals surface area contributed by atoms with Gasteiger partial charge in [0.15, 0.2) is 0 Å². The first-order chi connectivity index (χ1) is 15.2. The topological polar surface area (TPSA) is 52.6 Å². The zero-order valence-corrected chi connectivity index (χ0v) is 20.6. The molecular formula is C27H50O4. The quantitative estimate of drug-likeness (QED) is 0.153. The average Bonchev–Trinajstić information content (AvgIpc) is 2.79. The van der Waals surface area contributed by atoms with Crippen LogP contribution >= 0.6 is 0 Å². The Kier molecular flexibility index (Phi) is 17.7. The summed E-state index contributed by atoms with van der Waals surface area (Å²) in [6.45, 7) is 5.48. The number of hydrogen-bond donors (Lipinski definition) is 0. The molecule has 4 heteroatoms. The molecule has 4 nitrogen and oxygen atoms in total. The van der Waals surface area contributed by atoms with Gasteiger partial charge in [0, 0.05) is 0 Å². The van der Waals surface area contributed by atoms with Gasteiger partial charge < -0.3 is 9.47 Å². The van der Waals surface area contributed by atoms with Crippen LogP contribution in [0, 0.1) is 11.8 Å². The van der Waals surface area contributed by atoms with Gasteiger partial charge in [0.2, 0.25) is 0 Å². The van der Waals surface area contributed by atoms with Gasteiger partial charge in [-0.15, -0.1) is 0 Å². The van der Waals surface area contributed by atoms with E-state index in [1.54, 1.807) is 0 Å². The van der Waals surface area contributed by atoms with Gasteiger partial charge in [-0.3, -0.25) is 9.59 Å². The lowest BCUT2D eigenvalue weighted by molar-refractivity contribution is -0.155. The fourth-order valence-corrected chi connectivity index (χ4v) is 4.49. The number of carbonyl (C=O) groups is 2. The second kappa shape index (κ2) is 19.6. The number of unbranched alkanes of at least 4 members (excludes halogenated alkanes) is 13. The first-order valence-corrected chi connectivity index (χ1v) is 13.5. The first kappa shape index (κ1) is 28.0. The summed E-state index contributed by atoms with van der Waals surface area (Å²) in [7, 11) is 0. The number of hydrogen-bond acceptors (Lipinski definition) is 4. The van der Waals surface area contributed by atoms with Crippen LogP contribution in [0.2, 0.25) is 0 Å². The number of esters is 2. The molecule has 2 atom stereocenters. The minimum Gasteiger partial charge on any atom is -0.465 e. The molecule has 0 aromatic rings. The van der Waals surface area contributed by atoms with E-state index < -0.39 is 0 Å². The van der Waals surface area contributed by atoms with Gasteiger partial charge in [-0.2, -0.15) is 0 Å². The Morgan fingerprint density at radius 2 is 0.935 bits per heavy atom. The zero-order valence-electron chi connectivity index (χ0n) is 20.6. The highest BCUT2D eigenvalue weighted by molar-refractivity contribution is 5.76. The second-order valence-corrected chi connectivity index (χ2v) is 9.49. The predicted molar refractivity (Wildman–Crippen MR) is 128 cm³/mol. The van der Waals surface area contributed by atoms with Crippen LogP contribution < -0.4 is 0 Å². The highest BCUT2D eigenvalue weighted by Crippen LogP contribution is 2.31. The third-order valence-electron chi connectivity index (χ3n) is 6.58. The Labute approximate surface area is 192 Å². The molecule has 2 unspecified atom stereocenters. The van der Waals surface area contributed by atoms with E-state index in [1.807, 2.05) is 0 Å². The lowest BCUT2D eigenvalue weighted by Gasteiger charge is -2.26. The van der Waals surface area contributed by atoms with Crippen LogP contribution in [0.4, 0.5) is 0 Å². The molecule has 1 aliphatic carbocycles. The van der Waals surface area contributed by atoms with E-state index in [1.165, 1.54) is 70.6 Å². The van der Waals surface area contributed by atoms with Crippen molar-refractivity contribution in [3.8, 4) is 0 Å². The summed E-state index contributed by atoms with van der Waals surface area (Å²) in [6, 6.07) is 0. The van der Waals surface area contributed by atoms with E-state index in [-0.39, 0.29) is 23.8 Å². The molecule has 0 saturated heterocycles. The van der Waals surface area contributed by atoms with Gasteiger partial charge >= 0.3 is 11.9 Å². The second-order valence-electron chi connectivity index (χ2n) is 9.49. The van der Waals surface area contributed by atoms with Crippen LogP contribution in [0.15, 0.2) is 0 Å². The average molecular weight is 439 g/mol. The van der Waals surface area contributed by atoms with E-state index in [0.717, 1.165) is 44.9 Å². The van der Waals surface area contributed by atoms with Gasteiger partial charge in [0.25, 0.3) is 0 Å². The van der Waals surface area contributed by atoms with Crippen LogP contribution in [0.5, 0.6) is 0 Å². The van der Waals surface area contributed by atoms with Gasteiger partial charge in [0.1, 0.15) is 0 Å². The van der Waals surface area contributed by atoms with Gasteiger partial charge in [-0.25, -0.2) is 0 Å². The van der Waals surface area contributed by atoms with Crippen molar-refractivity contribution < 1.29 is 19.1 Å².